The highest BCUT2D eigenvalue weighted by Crippen LogP contribution is 2.25. The van der Waals surface area contributed by atoms with Gasteiger partial charge in [-0.05, 0) is 48.4 Å². The highest BCUT2D eigenvalue weighted by molar-refractivity contribution is 5.94. The summed E-state index contributed by atoms with van der Waals surface area (Å²) in [6, 6.07) is 17.6. The molecule has 7 nitrogen and oxygen atoms in total. The van der Waals surface area contributed by atoms with Gasteiger partial charge in [0.05, 0.1) is 18.4 Å². The Kier molecular flexibility index (Phi) is 6.88. The van der Waals surface area contributed by atoms with Crippen molar-refractivity contribution in [2.24, 2.45) is 0 Å². The van der Waals surface area contributed by atoms with Crippen molar-refractivity contribution in [3.63, 3.8) is 0 Å². The lowest BCUT2D eigenvalue weighted by Gasteiger charge is -2.20. The Bertz CT molecular complexity index is 1220. The van der Waals surface area contributed by atoms with Gasteiger partial charge in [0.1, 0.15) is 17.2 Å². The molecule has 0 radical (unpaired) electrons. The van der Waals surface area contributed by atoms with Crippen molar-refractivity contribution in [3.05, 3.63) is 89.5 Å². The number of amides is 1. The number of aryl methyl sites for hydroxylation is 1. The number of hydrogen-bond acceptors (Lipinski definition) is 5. The first-order chi connectivity index (χ1) is 16.1. The number of rotatable bonds is 9. The lowest BCUT2D eigenvalue weighted by molar-refractivity contribution is 0.0953. The van der Waals surface area contributed by atoms with E-state index in [1.54, 1.807) is 13.3 Å². The van der Waals surface area contributed by atoms with Crippen LogP contribution in [0.4, 0.5) is 5.82 Å². The summed E-state index contributed by atoms with van der Waals surface area (Å²) in [7, 11) is 3.71. The fourth-order valence-electron chi connectivity index (χ4n) is 3.89. The number of carbonyl (C=O) groups is 1. The van der Waals surface area contributed by atoms with E-state index in [2.05, 4.69) is 34.3 Å². The number of hydrogen-bond donors (Lipinski definition) is 1. The third kappa shape index (κ3) is 5.14. The second kappa shape index (κ2) is 10.2. The molecule has 0 atom stereocenters. The fraction of sp³-hybridized carbons (Fsp3) is 0.269. The monoisotopic (exact) mass is 443 g/mol. The first-order valence-corrected chi connectivity index (χ1v) is 11.1. The second-order valence-corrected chi connectivity index (χ2v) is 7.91. The van der Waals surface area contributed by atoms with E-state index in [1.807, 2.05) is 60.1 Å². The third-order valence-electron chi connectivity index (χ3n) is 5.59. The van der Waals surface area contributed by atoms with Crippen LogP contribution in [0.15, 0.2) is 67.0 Å². The van der Waals surface area contributed by atoms with Crippen LogP contribution < -0.4 is 15.0 Å². The Morgan fingerprint density at radius 1 is 1.12 bits per heavy atom. The predicted molar refractivity (Wildman–Crippen MR) is 130 cm³/mol. The topological polar surface area (TPSA) is 71.8 Å². The van der Waals surface area contributed by atoms with Crippen LogP contribution >= 0.6 is 0 Å². The quantitative estimate of drug-likeness (QED) is 0.425. The van der Waals surface area contributed by atoms with Crippen LogP contribution in [-0.4, -0.2) is 41.0 Å². The summed E-state index contributed by atoms with van der Waals surface area (Å²) in [6.07, 6.45) is 5.13. The summed E-state index contributed by atoms with van der Waals surface area (Å²) in [5.41, 5.74) is 4.55. The molecular formula is C26H29N5O2. The number of ether oxygens (including phenoxy) is 1. The van der Waals surface area contributed by atoms with Gasteiger partial charge in [-0.1, -0.05) is 25.1 Å². The summed E-state index contributed by atoms with van der Waals surface area (Å²) < 4.78 is 7.27. The maximum atomic E-state index is 12.8. The van der Waals surface area contributed by atoms with Crippen molar-refractivity contribution in [1.82, 2.24) is 19.7 Å². The van der Waals surface area contributed by atoms with E-state index in [-0.39, 0.29) is 5.91 Å². The van der Waals surface area contributed by atoms with Crippen LogP contribution in [0.3, 0.4) is 0 Å². The number of aromatic nitrogens is 3. The average molecular weight is 444 g/mol. The Balaban J connectivity index is 1.53. The molecule has 0 aliphatic carbocycles. The van der Waals surface area contributed by atoms with Crippen molar-refractivity contribution in [2.45, 2.75) is 26.3 Å². The maximum absolute atomic E-state index is 12.8. The van der Waals surface area contributed by atoms with Crippen LogP contribution in [0.2, 0.25) is 0 Å². The second-order valence-electron chi connectivity index (χ2n) is 7.91. The van der Waals surface area contributed by atoms with E-state index in [9.17, 15) is 4.79 Å². The van der Waals surface area contributed by atoms with Crippen molar-refractivity contribution in [1.29, 1.82) is 0 Å². The van der Waals surface area contributed by atoms with Gasteiger partial charge in [0.15, 0.2) is 0 Å². The van der Waals surface area contributed by atoms with Gasteiger partial charge < -0.3 is 15.0 Å². The molecule has 33 heavy (non-hydrogen) atoms. The van der Waals surface area contributed by atoms with Crippen molar-refractivity contribution in [3.8, 4) is 5.75 Å². The molecule has 1 amide bonds. The molecule has 0 spiro atoms. The molecule has 0 saturated heterocycles. The van der Waals surface area contributed by atoms with E-state index in [0.29, 0.717) is 25.1 Å². The van der Waals surface area contributed by atoms with E-state index in [1.165, 1.54) is 5.56 Å². The summed E-state index contributed by atoms with van der Waals surface area (Å²) in [5, 5.41) is 2.99. The molecule has 3 aromatic heterocycles. The van der Waals surface area contributed by atoms with Crippen LogP contribution in [0, 0.1) is 0 Å². The first kappa shape index (κ1) is 22.3. The minimum atomic E-state index is -0.108. The molecule has 170 valence electrons. The van der Waals surface area contributed by atoms with Crippen LogP contribution in [0.1, 0.15) is 34.2 Å². The van der Waals surface area contributed by atoms with E-state index >= 15 is 0 Å². The summed E-state index contributed by atoms with van der Waals surface area (Å²) in [6.45, 7) is 3.34. The Morgan fingerprint density at radius 3 is 2.64 bits per heavy atom. The number of nitrogens with zero attached hydrogens (tertiary/aromatic N) is 4. The summed E-state index contributed by atoms with van der Waals surface area (Å²) >= 11 is 0. The molecule has 1 N–H and O–H groups in total. The molecule has 0 aliphatic rings. The minimum absolute atomic E-state index is 0.108. The van der Waals surface area contributed by atoms with E-state index in [0.717, 1.165) is 35.0 Å². The number of imidazole rings is 1. The zero-order valence-corrected chi connectivity index (χ0v) is 19.3. The van der Waals surface area contributed by atoms with Crippen molar-refractivity contribution >= 4 is 17.4 Å². The predicted octanol–water partition coefficient (Wildman–Crippen LogP) is 3.91. The zero-order valence-electron chi connectivity index (χ0n) is 19.3. The molecule has 1 aromatic carbocycles. The molecule has 4 aromatic rings. The molecule has 4 rings (SSSR count). The van der Waals surface area contributed by atoms with Gasteiger partial charge in [-0.3, -0.25) is 14.2 Å². The van der Waals surface area contributed by atoms with Crippen LogP contribution in [0.25, 0.3) is 5.65 Å². The van der Waals surface area contributed by atoms with Gasteiger partial charge in [-0.15, -0.1) is 0 Å². The Morgan fingerprint density at radius 2 is 1.94 bits per heavy atom. The van der Waals surface area contributed by atoms with Gasteiger partial charge in [0.25, 0.3) is 5.91 Å². The lowest BCUT2D eigenvalue weighted by Crippen LogP contribution is -2.26. The minimum Gasteiger partial charge on any atom is -0.497 e. The molecule has 7 heteroatoms. The average Bonchev–Trinajstić information content (AvgIpc) is 3.23. The van der Waals surface area contributed by atoms with Crippen LogP contribution in [0.5, 0.6) is 5.75 Å². The third-order valence-corrected chi connectivity index (χ3v) is 5.59. The standard InChI is InChI=1S/C26H29N5O2/c1-4-23-26(30(2)17-19-8-11-22(33-3)12-9-19)31-18-20(10-13-24(31)29-23)25(32)28-16-14-21-7-5-6-15-27-21/h5-13,15,18H,4,14,16-17H2,1-3H3,(H,28,32). The Hall–Kier alpha value is -3.87. The number of pyridine rings is 2. The number of methoxy groups -OCH3 is 1. The smallest absolute Gasteiger partial charge is 0.252 e. The first-order valence-electron chi connectivity index (χ1n) is 11.1. The number of carbonyl (C=O) groups excluding carboxylic acids is 1. The molecule has 0 aliphatic heterocycles. The molecule has 0 bridgehead atoms. The van der Waals surface area contributed by atoms with Gasteiger partial charge in [-0.2, -0.15) is 0 Å². The highest BCUT2D eigenvalue weighted by Gasteiger charge is 2.17. The summed E-state index contributed by atoms with van der Waals surface area (Å²) in [5.74, 6) is 1.72. The van der Waals surface area contributed by atoms with Crippen molar-refractivity contribution in [2.75, 3.05) is 25.6 Å². The van der Waals surface area contributed by atoms with Crippen LogP contribution in [-0.2, 0) is 19.4 Å². The van der Waals surface area contributed by atoms with Gasteiger partial charge in [0, 0.05) is 44.6 Å². The number of anilines is 1. The van der Waals surface area contributed by atoms with Gasteiger partial charge in [-0.25, -0.2) is 4.98 Å². The SMILES string of the molecule is CCc1nc2ccc(C(=O)NCCc3ccccn3)cn2c1N(C)Cc1ccc(OC)cc1. The molecule has 0 fully saturated rings. The number of nitrogens with one attached hydrogen (secondary N) is 1. The van der Waals surface area contributed by atoms with E-state index < -0.39 is 0 Å². The maximum Gasteiger partial charge on any atom is 0.252 e. The molecule has 3 heterocycles. The molecule has 0 unspecified atom stereocenters. The number of benzene rings is 1. The van der Waals surface area contributed by atoms with Crippen molar-refractivity contribution < 1.29 is 9.53 Å². The fourth-order valence-corrected chi connectivity index (χ4v) is 3.89. The van der Waals surface area contributed by atoms with Gasteiger partial charge in [0.2, 0.25) is 0 Å². The zero-order chi connectivity index (χ0) is 23.2. The Labute approximate surface area is 194 Å². The number of fused-ring (bicyclic) bond motifs is 1. The van der Waals surface area contributed by atoms with Gasteiger partial charge >= 0.3 is 0 Å². The molecule has 0 saturated carbocycles. The van der Waals surface area contributed by atoms with E-state index in [4.69, 9.17) is 9.72 Å². The lowest BCUT2D eigenvalue weighted by atomic mass is 10.2. The highest BCUT2D eigenvalue weighted by atomic mass is 16.5. The normalized spacial score (nSPS) is 10.9. The largest absolute Gasteiger partial charge is 0.497 e. The summed E-state index contributed by atoms with van der Waals surface area (Å²) in [4.78, 5) is 24.1. The molecular weight excluding hydrogens is 414 g/mol.